The van der Waals surface area contributed by atoms with E-state index in [-0.39, 0.29) is 5.91 Å². The molecule has 2 aromatic carbocycles. The van der Waals surface area contributed by atoms with Crippen LogP contribution in [0.25, 0.3) is 0 Å². The molecule has 0 aliphatic rings. The molecule has 0 saturated carbocycles. The summed E-state index contributed by atoms with van der Waals surface area (Å²) in [5.41, 5.74) is 0.936. The average Bonchev–Trinajstić information content (AvgIpc) is 2.66. The summed E-state index contributed by atoms with van der Waals surface area (Å²) < 4.78 is 16.4. The van der Waals surface area contributed by atoms with Crippen LogP contribution in [0.2, 0.25) is 5.02 Å². The molecule has 0 fully saturated rings. The lowest BCUT2D eigenvalue weighted by Crippen LogP contribution is -2.39. The summed E-state index contributed by atoms with van der Waals surface area (Å²) in [4.78, 5) is 14.4. The largest absolute Gasteiger partial charge is 0.493 e. The molecular formula is C20H24ClNO4. The second-order valence-corrected chi connectivity index (χ2v) is 6.24. The fourth-order valence-corrected chi connectivity index (χ4v) is 2.76. The van der Waals surface area contributed by atoms with Crippen molar-refractivity contribution in [3.63, 3.8) is 0 Å². The Kier molecular flexibility index (Phi) is 7.16. The molecular weight excluding hydrogens is 354 g/mol. The highest BCUT2D eigenvalue weighted by Gasteiger charge is 2.23. The van der Waals surface area contributed by atoms with Crippen LogP contribution in [0, 0.1) is 0 Å². The van der Waals surface area contributed by atoms with Gasteiger partial charge in [0.1, 0.15) is 5.75 Å². The van der Waals surface area contributed by atoms with E-state index >= 15 is 0 Å². The lowest BCUT2D eigenvalue weighted by Gasteiger charge is -2.24. The van der Waals surface area contributed by atoms with Crippen LogP contribution < -0.4 is 14.2 Å². The number of benzene rings is 2. The molecule has 26 heavy (non-hydrogen) atoms. The van der Waals surface area contributed by atoms with Gasteiger partial charge in [0.2, 0.25) is 0 Å². The first-order valence-electron chi connectivity index (χ1n) is 8.37. The third-order valence-electron chi connectivity index (χ3n) is 4.00. The van der Waals surface area contributed by atoms with Gasteiger partial charge in [0.05, 0.1) is 19.2 Å². The Morgan fingerprint density at radius 1 is 1.08 bits per heavy atom. The zero-order valence-electron chi connectivity index (χ0n) is 15.5. The van der Waals surface area contributed by atoms with Gasteiger partial charge in [-0.25, -0.2) is 0 Å². The SMILES string of the molecule is CC[C@H](Oc1ccccc1Cl)C(=O)N(C)Cc1ccc(OC)c(OC)c1. The van der Waals surface area contributed by atoms with Crippen LogP contribution in [0.15, 0.2) is 42.5 Å². The molecule has 2 aromatic rings. The van der Waals surface area contributed by atoms with Gasteiger partial charge in [-0.05, 0) is 36.2 Å². The van der Waals surface area contributed by atoms with Crippen molar-refractivity contribution >= 4 is 17.5 Å². The van der Waals surface area contributed by atoms with Gasteiger partial charge >= 0.3 is 0 Å². The summed E-state index contributed by atoms with van der Waals surface area (Å²) in [7, 11) is 4.92. The van der Waals surface area contributed by atoms with E-state index < -0.39 is 6.10 Å². The molecule has 0 saturated heterocycles. The predicted octanol–water partition coefficient (Wildman–Crippen LogP) is 4.17. The zero-order valence-corrected chi connectivity index (χ0v) is 16.2. The Morgan fingerprint density at radius 3 is 2.38 bits per heavy atom. The number of carbonyl (C=O) groups excluding carboxylic acids is 1. The number of methoxy groups -OCH3 is 2. The lowest BCUT2D eigenvalue weighted by atomic mass is 10.1. The van der Waals surface area contributed by atoms with E-state index in [1.165, 1.54) is 0 Å². The van der Waals surface area contributed by atoms with Gasteiger partial charge in [-0.1, -0.05) is 36.7 Å². The van der Waals surface area contributed by atoms with Gasteiger partial charge < -0.3 is 19.1 Å². The summed E-state index contributed by atoms with van der Waals surface area (Å²) in [6, 6.07) is 12.7. The third kappa shape index (κ3) is 4.82. The fourth-order valence-electron chi connectivity index (χ4n) is 2.58. The highest BCUT2D eigenvalue weighted by atomic mass is 35.5. The van der Waals surface area contributed by atoms with Crippen molar-refractivity contribution in [2.24, 2.45) is 0 Å². The molecule has 0 N–H and O–H groups in total. The number of hydrogen-bond donors (Lipinski definition) is 0. The monoisotopic (exact) mass is 377 g/mol. The smallest absolute Gasteiger partial charge is 0.263 e. The van der Waals surface area contributed by atoms with Crippen molar-refractivity contribution in [2.45, 2.75) is 26.0 Å². The summed E-state index contributed by atoms with van der Waals surface area (Å²) in [6.07, 6.45) is -0.0552. The van der Waals surface area contributed by atoms with Crippen molar-refractivity contribution in [2.75, 3.05) is 21.3 Å². The standard InChI is InChI=1S/C20H24ClNO4/c1-5-16(26-17-9-7-6-8-15(17)21)20(23)22(2)13-14-10-11-18(24-3)19(12-14)25-4/h6-12,16H,5,13H2,1-4H3/t16-/m0/s1. The lowest BCUT2D eigenvalue weighted by molar-refractivity contribution is -0.138. The minimum atomic E-state index is -0.597. The van der Waals surface area contributed by atoms with Crippen LogP contribution in [0.5, 0.6) is 17.2 Å². The molecule has 0 bridgehead atoms. The van der Waals surface area contributed by atoms with E-state index in [1.807, 2.05) is 37.3 Å². The quantitative estimate of drug-likeness (QED) is 0.692. The molecule has 0 radical (unpaired) electrons. The Morgan fingerprint density at radius 2 is 1.77 bits per heavy atom. The highest BCUT2D eigenvalue weighted by Crippen LogP contribution is 2.28. The van der Waals surface area contributed by atoms with E-state index in [9.17, 15) is 4.79 Å². The molecule has 2 rings (SSSR count). The summed E-state index contributed by atoms with van der Waals surface area (Å²) in [5.74, 6) is 1.68. The van der Waals surface area contributed by atoms with Crippen LogP contribution in [0.1, 0.15) is 18.9 Å². The van der Waals surface area contributed by atoms with Crippen molar-refractivity contribution < 1.29 is 19.0 Å². The van der Waals surface area contributed by atoms with Gasteiger partial charge in [0.15, 0.2) is 17.6 Å². The van der Waals surface area contributed by atoms with Crippen molar-refractivity contribution in [3.05, 3.63) is 53.1 Å². The van der Waals surface area contributed by atoms with Crippen LogP contribution in [-0.2, 0) is 11.3 Å². The number of hydrogen-bond acceptors (Lipinski definition) is 4. The molecule has 140 valence electrons. The first-order chi connectivity index (χ1) is 12.5. The first kappa shape index (κ1) is 19.9. The number of nitrogens with zero attached hydrogens (tertiary/aromatic N) is 1. The topological polar surface area (TPSA) is 48.0 Å². The molecule has 0 spiro atoms. The molecule has 0 aromatic heterocycles. The second-order valence-electron chi connectivity index (χ2n) is 5.83. The Bertz CT molecular complexity index is 750. The van der Waals surface area contributed by atoms with Gasteiger partial charge in [-0.2, -0.15) is 0 Å². The van der Waals surface area contributed by atoms with Crippen LogP contribution in [0.3, 0.4) is 0 Å². The van der Waals surface area contributed by atoms with E-state index in [0.717, 1.165) is 5.56 Å². The van der Waals surface area contributed by atoms with Gasteiger partial charge in [-0.3, -0.25) is 4.79 Å². The minimum absolute atomic E-state index is 0.109. The highest BCUT2D eigenvalue weighted by molar-refractivity contribution is 6.32. The number of ether oxygens (including phenoxy) is 3. The molecule has 0 unspecified atom stereocenters. The summed E-state index contributed by atoms with van der Waals surface area (Å²) in [5, 5.41) is 0.487. The first-order valence-corrected chi connectivity index (χ1v) is 8.75. The van der Waals surface area contributed by atoms with E-state index in [4.69, 9.17) is 25.8 Å². The van der Waals surface area contributed by atoms with E-state index in [1.54, 1.807) is 38.3 Å². The maximum Gasteiger partial charge on any atom is 0.263 e. The number of halogens is 1. The normalized spacial score (nSPS) is 11.6. The second kappa shape index (κ2) is 9.34. The molecule has 1 atom stereocenters. The number of amides is 1. The zero-order chi connectivity index (χ0) is 19.1. The molecule has 6 heteroatoms. The molecule has 0 heterocycles. The van der Waals surface area contributed by atoms with E-state index in [0.29, 0.717) is 35.2 Å². The molecule has 1 amide bonds. The molecule has 5 nitrogen and oxygen atoms in total. The van der Waals surface area contributed by atoms with Gasteiger partial charge in [0, 0.05) is 13.6 Å². The molecule has 0 aliphatic heterocycles. The van der Waals surface area contributed by atoms with Gasteiger partial charge in [0.25, 0.3) is 5.91 Å². The van der Waals surface area contributed by atoms with Gasteiger partial charge in [-0.15, -0.1) is 0 Å². The van der Waals surface area contributed by atoms with Crippen molar-refractivity contribution in [1.82, 2.24) is 4.90 Å². The van der Waals surface area contributed by atoms with Crippen molar-refractivity contribution in [3.8, 4) is 17.2 Å². The van der Waals surface area contributed by atoms with Crippen molar-refractivity contribution in [1.29, 1.82) is 0 Å². The number of rotatable bonds is 8. The summed E-state index contributed by atoms with van der Waals surface area (Å²) >= 11 is 6.13. The van der Waals surface area contributed by atoms with E-state index in [2.05, 4.69) is 0 Å². The average molecular weight is 378 g/mol. The Hall–Kier alpha value is -2.40. The predicted molar refractivity (Wildman–Crippen MR) is 102 cm³/mol. The number of likely N-dealkylation sites (N-methyl/N-ethyl adjacent to an activating group) is 1. The maximum atomic E-state index is 12.8. The molecule has 0 aliphatic carbocycles. The van der Waals surface area contributed by atoms with Crippen LogP contribution >= 0.6 is 11.6 Å². The Labute approximate surface area is 159 Å². The minimum Gasteiger partial charge on any atom is -0.493 e. The maximum absolute atomic E-state index is 12.8. The number of carbonyl (C=O) groups is 1. The fraction of sp³-hybridized carbons (Fsp3) is 0.350. The van der Waals surface area contributed by atoms with Crippen LogP contribution in [-0.4, -0.2) is 38.2 Å². The summed E-state index contributed by atoms with van der Waals surface area (Å²) in [6.45, 7) is 2.34. The third-order valence-corrected chi connectivity index (χ3v) is 4.31. The Balaban J connectivity index is 2.08. The number of para-hydroxylation sites is 1. The van der Waals surface area contributed by atoms with Crippen LogP contribution in [0.4, 0.5) is 0 Å².